The van der Waals surface area contributed by atoms with Crippen molar-refractivity contribution in [2.75, 3.05) is 32.9 Å². The van der Waals surface area contributed by atoms with Gasteiger partial charge >= 0.3 is 0 Å². The number of ether oxygens (including phenoxy) is 2. The number of carbonyl (C=O) groups excluding carboxylic acids is 1. The molecule has 0 radical (unpaired) electrons. The number of aromatic nitrogens is 2. The summed E-state index contributed by atoms with van der Waals surface area (Å²) in [6.45, 7) is 4.71. The molecule has 1 atom stereocenters. The van der Waals surface area contributed by atoms with Gasteiger partial charge < -0.3 is 18.9 Å². The summed E-state index contributed by atoms with van der Waals surface area (Å²) in [4.78, 5) is 18.3. The van der Waals surface area contributed by atoms with Gasteiger partial charge in [0.2, 0.25) is 11.8 Å². The predicted molar refractivity (Wildman–Crippen MR) is 77.4 cm³/mol. The Morgan fingerprint density at radius 2 is 2.18 bits per heavy atom. The first-order chi connectivity index (χ1) is 10.7. The minimum Gasteiger partial charge on any atom is -0.376 e. The van der Waals surface area contributed by atoms with Crippen molar-refractivity contribution in [1.82, 2.24) is 15.0 Å². The van der Waals surface area contributed by atoms with Gasteiger partial charge in [0.15, 0.2) is 5.82 Å². The molecule has 0 aliphatic carbocycles. The van der Waals surface area contributed by atoms with Crippen LogP contribution < -0.4 is 0 Å². The molecular weight excluding hydrogens is 286 g/mol. The molecule has 122 valence electrons. The van der Waals surface area contributed by atoms with Gasteiger partial charge in [0.05, 0.1) is 12.7 Å². The topological polar surface area (TPSA) is 77.7 Å². The maximum absolute atomic E-state index is 12.1. The predicted octanol–water partition coefficient (Wildman–Crippen LogP) is 1.28. The lowest BCUT2D eigenvalue weighted by Crippen LogP contribution is -2.40. The fraction of sp³-hybridized carbons (Fsp3) is 0.800. The van der Waals surface area contributed by atoms with Gasteiger partial charge in [0, 0.05) is 32.5 Å². The van der Waals surface area contributed by atoms with E-state index in [-0.39, 0.29) is 24.5 Å². The van der Waals surface area contributed by atoms with Gasteiger partial charge in [-0.3, -0.25) is 4.79 Å². The Bertz CT molecular complexity index is 491. The standard InChI is InChI=1S/C15H23N3O4/c1-11-16-15(17-22-11)12-4-6-18(7-5-12)14(19)10-20-9-13-3-2-8-21-13/h12-13H,2-10H2,1H3. The Hall–Kier alpha value is -1.47. The Balaban J connectivity index is 1.38. The number of nitrogens with zero attached hydrogens (tertiary/aromatic N) is 3. The Kier molecular flexibility index (Phi) is 5.04. The highest BCUT2D eigenvalue weighted by atomic mass is 16.5. The van der Waals surface area contributed by atoms with Crippen molar-refractivity contribution in [1.29, 1.82) is 0 Å². The highest BCUT2D eigenvalue weighted by molar-refractivity contribution is 5.77. The quantitative estimate of drug-likeness (QED) is 0.815. The van der Waals surface area contributed by atoms with Crippen molar-refractivity contribution < 1.29 is 18.8 Å². The Morgan fingerprint density at radius 3 is 2.82 bits per heavy atom. The number of aryl methyl sites for hydroxylation is 1. The van der Waals surface area contributed by atoms with Gasteiger partial charge in [-0.15, -0.1) is 0 Å². The molecule has 2 aliphatic heterocycles. The second-order valence-corrected chi connectivity index (χ2v) is 5.98. The summed E-state index contributed by atoms with van der Waals surface area (Å²) in [5.74, 6) is 1.70. The molecule has 7 heteroatoms. The first-order valence-electron chi connectivity index (χ1n) is 7.99. The Morgan fingerprint density at radius 1 is 1.36 bits per heavy atom. The molecular formula is C15H23N3O4. The van der Waals surface area contributed by atoms with E-state index in [9.17, 15) is 4.79 Å². The largest absolute Gasteiger partial charge is 0.376 e. The van der Waals surface area contributed by atoms with Crippen molar-refractivity contribution in [2.24, 2.45) is 0 Å². The fourth-order valence-corrected chi connectivity index (χ4v) is 3.01. The van der Waals surface area contributed by atoms with Crippen molar-refractivity contribution in [3.8, 4) is 0 Å². The Labute approximate surface area is 129 Å². The molecule has 0 N–H and O–H groups in total. The first kappa shape index (κ1) is 15.4. The zero-order valence-corrected chi connectivity index (χ0v) is 13.0. The van der Waals surface area contributed by atoms with Crippen LogP contribution in [-0.2, 0) is 14.3 Å². The van der Waals surface area contributed by atoms with E-state index in [0.29, 0.717) is 12.5 Å². The van der Waals surface area contributed by atoms with Crippen LogP contribution in [0.25, 0.3) is 0 Å². The van der Waals surface area contributed by atoms with Gasteiger partial charge in [-0.2, -0.15) is 4.98 Å². The van der Waals surface area contributed by atoms with Crippen molar-refractivity contribution >= 4 is 5.91 Å². The van der Waals surface area contributed by atoms with Gasteiger partial charge in [0.25, 0.3) is 0 Å². The number of piperidine rings is 1. The van der Waals surface area contributed by atoms with E-state index in [1.165, 1.54) is 0 Å². The molecule has 0 aromatic carbocycles. The minimum atomic E-state index is 0.0562. The third-order valence-electron chi connectivity index (χ3n) is 4.31. The van der Waals surface area contributed by atoms with E-state index in [2.05, 4.69) is 10.1 Å². The van der Waals surface area contributed by atoms with E-state index in [1.807, 2.05) is 4.90 Å². The van der Waals surface area contributed by atoms with Gasteiger partial charge in [-0.05, 0) is 25.7 Å². The summed E-state index contributed by atoms with van der Waals surface area (Å²) in [6.07, 6.45) is 4.03. The molecule has 3 rings (SSSR count). The second-order valence-electron chi connectivity index (χ2n) is 5.98. The zero-order chi connectivity index (χ0) is 15.4. The molecule has 1 amide bonds. The van der Waals surface area contributed by atoms with Crippen LogP contribution >= 0.6 is 0 Å². The van der Waals surface area contributed by atoms with Crippen LogP contribution in [0.5, 0.6) is 0 Å². The molecule has 1 aromatic rings. The summed E-state index contributed by atoms with van der Waals surface area (Å²) in [7, 11) is 0. The molecule has 0 saturated carbocycles. The molecule has 2 fully saturated rings. The molecule has 1 aromatic heterocycles. The number of likely N-dealkylation sites (tertiary alicyclic amines) is 1. The van der Waals surface area contributed by atoms with Crippen molar-refractivity contribution in [2.45, 2.75) is 44.6 Å². The van der Waals surface area contributed by atoms with Crippen LogP contribution in [0.15, 0.2) is 4.52 Å². The summed E-state index contributed by atoms with van der Waals surface area (Å²) < 4.78 is 16.0. The summed E-state index contributed by atoms with van der Waals surface area (Å²) in [5.41, 5.74) is 0. The van der Waals surface area contributed by atoms with Crippen molar-refractivity contribution in [3.05, 3.63) is 11.7 Å². The monoisotopic (exact) mass is 309 g/mol. The molecule has 7 nitrogen and oxygen atoms in total. The maximum Gasteiger partial charge on any atom is 0.248 e. The molecule has 0 bridgehead atoms. The minimum absolute atomic E-state index is 0.0562. The summed E-state index contributed by atoms with van der Waals surface area (Å²) in [5, 5.41) is 3.97. The zero-order valence-electron chi connectivity index (χ0n) is 13.0. The normalized spacial score (nSPS) is 23.1. The summed E-state index contributed by atoms with van der Waals surface area (Å²) in [6, 6.07) is 0. The molecule has 2 aliphatic rings. The first-order valence-corrected chi connectivity index (χ1v) is 7.99. The molecule has 22 heavy (non-hydrogen) atoms. The number of hydrogen-bond donors (Lipinski definition) is 0. The molecule has 3 heterocycles. The van der Waals surface area contributed by atoms with E-state index >= 15 is 0 Å². The van der Waals surface area contributed by atoms with Crippen LogP contribution in [0.1, 0.15) is 43.3 Å². The van der Waals surface area contributed by atoms with E-state index < -0.39 is 0 Å². The average molecular weight is 309 g/mol. The third-order valence-corrected chi connectivity index (χ3v) is 4.31. The van der Waals surface area contributed by atoms with Gasteiger partial charge in [-0.1, -0.05) is 5.16 Å². The van der Waals surface area contributed by atoms with Gasteiger partial charge in [0.1, 0.15) is 6.61 Å². The molecule has 1 unspecified atom stereocenters. The number of carbonyl (C=O) groups is 1. The number of amides is 1. The van der Waals surface area contributed by atoms with Crippen LogP contribution in [0, 0.1) is 6.92 Å². The second kappa shape index (κ2) is 7.19. The van der Waals surface area contributed by atoms with Crippen LogP contribution in [0.4, 0.5) is 0 Å². The third kappa shape index (κ3) is 3.84. The lowest BCUT2D eigenvalue weighted by Gasteiger charge is -2.30. The van der Waals surface area contributed by atoms with E-state index in [4.69, 9.17) is 14.0 Å². The van der Waals surface area contributed by atoms with Crippen LogP contribution in [0.2, 0.25) is 0 Å². The van der Waals surface area contributed by atoms with Gasteiger partial charge in [-0.25, -0.2) is 0 Å². The SMILES string of the molecule is Cc1nc(C2CCN(C(=O)COCC3CCCO3)CC2)no1. The smallest absolute Gasteiger partial charge is 0.248 e. The summed E-state index contributed by atoms with van der Waals surface area (Å²) >= 11 is 0. The maximum atomic E-state index is 12.1. The van der Waals surface area contributed by atoms with Crippen LogP contribution in [0.3, 0.4) is 0 Å². The molecule has 2 saturated heterocycles. The van der Waals surface area contributed by atoms with Crippen LogP contribution in [-0.4, -0.2) is 60.0 Å². The van der Waals surface area contributed by atoms with E-state index in [0.717, 1.165) is 51.2 Å². The fourth-order valence-electron chi connectivity index (χ4n) is 3.01. The highest BCUT2D eigenvalue weighted by Gasteiger charge is 2.27. The number of rotatable bonds is 5. The highest BCUT2D eigenvalue weighted by Crippen LogP contribution is 2.25. The average Bonchev–Trinajstić information content (AvgIpc) is 3.19. The lowest BCUT2D eigenvalue weighted by atomic mass is 9.96. The number of hydrogen-bond acceptors (Lipinski definition) is 6. The van der Waals surface area contributed by atoms with E-state index in [1.54, 1.807) is 6.92 Å². The van der Waals surface area contributed by atoms with Crippen molar-refractivity contribution in [3.63, 3.8) is 0 Å². The lowest BCUT2D eigenvalue weighted by molar-refractivity contribution is -0.138. The molecule has 0 spiro atoms.